The van der Waals surface area contributed by atoms with Gasteiger partial charge in [-0.15, -0.1) is 0 Å². The summed E-state index contributed by atoms with van der Waals surface area (Å²) in [7, 11) is 0. The summed E-state index contributed by atoms with van der Waals surface area (Å²) in [5, 5.41) is 8.71. The second-order valence-corrected chi connectivity index (χ2v) is 10.7. The molecule has 4 rings (SSSR count). The first kappa shape index (κ1) is 26.5. The van der Waals surface area contributed by atoms with Gasteiger partial charge in [-0.3, -0.25) is 0 Å². The van der Waals surface area contributed by atoms with Gasteiger partial charge in [0.15, 0.2) is 0 Å². The number of benzene rings is 2. The molecule has 0 radical (unpaired) electrons. The first-order chi connectivity index (χ1) is 17.3. The normalized spacial score (nSPS) is 24.8. The van der Waals surface area contributed by atoms with Crippen molar-refractivity contribution in [2.24, 2.45) is 23.7 Å². The lowest BCUT2D eigenvalue weighted by Gasteiger charge is -2.37. The maximum atomic E-state index is 14.5. The topological polar surface area (TPSA) is 33.0 Å². The molecule has 0 saturated heterocycles. The lowest BCUT2D eigenvalue weighted by molar-refractivity contribution is -0.185. The Hall–Kier alpha value is -2.55. The minimum absolute atomic E-state index is 0.0905. The second kappa shape index (κ2) is 11.7. The molecule has 0 aromatic heterocycles. The summed E-state index contributed by atoms with van der Waals surface area (Å²) in [6, 6.07) is 8.64. The van der Waals surface area contributed by atoms with Gasteiger partial charge in [-0.2, -0.15) is 14.0 Å². The van der Waals surface area contributed by atoms with Crippen molar-refractivity contribution in [1.29, 1.82) is 5.26 Å². The smallest absolute Gasteiger partial charge is 0.426 e. The van der Waals surface area contributed by atoms with Gasteiger partial charge < -0.3 is 4.74 Å². The molecule has 0 unspecified atom stereocenters. The molecule has 0 heterocycles. The van der Waals surface area contributed by atoms with E-state index in [1.54, 1.807) is 12.1 Å². The van der Waals surface area contributed by atoms with Crippen molar-refractivity contribution in [1.82, 2.24) is 0 Å². The number of halogens is 4. The predicted octanol–water partition coefficient (Wildman–Crippen LogP) is 8.92. The van der Waals surface area contributed by atoms with Gasteiger partial charge in [-0.05, 0) is 92.0 Å². The quantitative estimate of drug-likeness (QED) is 0.338. The Morgan fingerprint density at radius 3 is 1.89 bits per heavy atom. The van der Waals surface area contributed by atoms with Gasteiger partial charge in [0.05, 0.1) is 5.56 Å². The zero-order valence-electron chi connectivity index (χ0n) is 20.9. The van der Waals surface area contributed by atoms with Crippen LogP contribution in [0.5, 0.6) is 5.75 Å². The molecule has 6 heteroatoms. The van der Waals surface area contributed by atoms with Crippen LogP contribution in [0.1, 0.15) is 87.8 Å². The summed E-state index contributed by atoms with van der Waals surface area (Å²) in [4.78, 5) is 0. The third kappa shape index (κ3) is 6.41. The van der Waals surface area contributed by atoms with E-state index < -0.39 is 28.9 Å². The molecule has 2 nitrogen and oxygen atoms in total. The molecular weight excluding hydrogens is 466 g/mol. The van der Waals surface area contributed by atoms with Crippen LogP contribution in [0, 0.1) is 46.6 Å². The lowest BCUT2D eigenvalue weighted by atomic mass is 9.68. The molecule has 2 saturated carbocycles. The summed E-state index contributed by atoms with van der Waals surface area (Å²) >= 11 is 0. The fourth-order valence-electron chi connectivity index (χ4n) is 6.17. The molecule has 0 spiro atoms. The molecule has 2 aliphatic carbocycles. The minimum atomic E-state index is -3.94. The number of hydrogen-bond donors (Lipinski definition) is 0. The summed E-state index contributed by atoms with van der Waals surface area (Å²) in [6.45, 7) is 2.31. The van der Waals surface area contributed by atoms with Crippen molar-refractivity contribution in [3.63, 3.8) is 0 Å². The molecule has 0 aliphatic heterocycles. The van der Waals surface area contributed by atoms with Gasteiger partial charge >= 0.3 is 6.11 Å². The maximum Gasteiger partial charge on any atom is 0.426 e. The average molecular weight is 502 g/mol. The lowest BCUT2D eigenvalue weighted by Crippen LogP contribution is -2.25. The van der Waals surface area contributed by atoms with E-state index in [9.17, 15) is 17.6 Å². The van der Waals surface area contributed by atoms with E-state index in [2.05, 4.69) is 6.92 Å². The van der Waals surface area contributed by atoms with Crippen LogP contribution in [-0.2, 0) is 12.5 Å². The number of alkyl halides is 2. The number of rotatable bonds is 8. The Labute approximate surface area is 211 Å². The fourth-order valence-corrected chi connectivity index (χ4v) is 6.17. The summed E-state index contributed by atoms with van der Waals surface area (Å²) in [6.07, 6.45) is 10.3. The maximum absolute atomic E-state index is 14.5. The van der Waals surface area contributed by atoms with Crippen molar-refractivity contribution in [2.75, 3.05) is 0 Å². The highest BCUT2D eigenvalue weighted by Crippen LogP contribution is 2.42. The molecule has 2 aromatic carbocycles. The van der Waals surface area contributed by atoms with Crippen LogP contribution >= 0.6 is 0 Å². The van der Waals surface area contributed by atoms with E-state index in [1.165, 1.54) is 76.0 Å². The van der Waals surface area contributed by atoms with Crippen molar-refractivity contribution in [3.05, 3.63) is 64.7 Å². The van der Waals surface area contributed by atoms with Crippen LogP contribution < -0.4 is 4.74 Å². The third-order valence-electron chi connectivity index (χ3n) is 8.53. The number of nitriles is 1. The standard InChI is InChI=1S/C30H35F4NO/c1-2-20-5-11-23(12-6-20)24-13-7-21(8-14-24)3-4-22-9-15-26(16-10-22)36-30(33,34)25-17-28(31)27(19-35)29(32)18-25/h9-10,15-18,20-21,23-24H,2-8,11-14H2,1H3. The number of nitrogens with zero attached hydrogens (tertiary/aromatic N) is 1. The van der Waals surface area contributed by atoms with Crippen molar-refractivity contribution in [3.8, 4) is 11.8 Å². The van der Waals surface area contributed by atoms with E-state index in [1.807, 2.05) is 0 Å². The molecule has 194 valence electrons. The first-order valence-electron chi connectivity index (χ1n) is 13.3. The number of ether oxygens (including phenoxy) is 1. The zero-order valence-corrected chi connectivity index (χ0v) is 20.9. The average Bonchev–Trinajstić information content (AvgIpc) is 2.88. The number of aryl methyl sites for hydroxylation is 1. The van der Waals surface area contributed by atoms with Gasteiger partial charge in [0.25, 0.3) is 0 Å². The SMILES string of the molecule is CCC1CCC(C2CCC(CCc3ccc(OC(F)(F)c4cc(F)c(C#N)c(F)c4)cc3)CC2)CC1. The van der Waals surface area contributed by atoms with E-state index in [0.717, 1.165) is 42.1 Å². The molecule has 2 fully saturated rings. The minimum Gasteiger partial charge on any atom is -0.429 e. The molecule has 0 bridgehead atoms. The highest BCUT2D eigenvalue weighted by molar-refractivity contribution is 5.37. The van der Waals surface area contributed by atoms with Crippen LogP contribution in [0.3, 0.4) is 0 Å². The highest BCUT2D eigenvalue weighted by atomic mass is 19.3. The van der Waals surface area contributed by atoms with Gasteiger partial charge in [0.1, 0.15) is 29.0 Å². The predicted molar refractivity (Wildman–Crippen MR) is 132 cm³/mol. The van der Waals surface area contributed by atoms with E-state index in [0.29, 0.717) is 12.1 Å². The fraction of sp³-hybridized carbons (Fsp3) is 0.567. The number of hydrogen-bond acceptors (Lipinski definition) is 2. The summed E-state index contributed by atoms with van der Waals surface area (Å²) < 4.78 is 61.3. The third-order valence-corrected chi connectivity index (χ3v) is 8.53. The van der Waals surface area contributed by atoms with Gasteiger partial charge in [0.2, 0.25) is 0 Å². The van der Waals surface area contributed by atoms with Crippen LogP contribution in [0.15, 0.2) is 36.4 Å². The highest BCUT2D eigenvalue weighted by Gasteiger charge is 2.36. The van der Waals surface area contributed by atoms with E-state index in [-0.39, 0.29) is 5.75 Å². The Bertz CT molecular complexity index is 1020. The largest absolute Gasteiger partial charge is 0.429 e. The molecular formula is C30H35F4NO. The van der Waals surface area contributed by atoms with Crippen molar-refractivity contribution >= 4 is 0 Å². The molecule has 0 N–H and O–H groups in total. The van der Waals surface area contributed by atoms with Gasteiger partial charge in [0, 0.05) is 0 Å². The van der Waals surface area contributed by atoms with Crippen LogP contribution in [-0.4, -0.2) is 0 Å². The Kier molecular flexibility index (Phi) is 8.59. The van der Waals surface area contributed by atoms with E-state index in [4.69, 9.17) is 10.00 Å². The molecule has 0 atom stereocenters. The van der Waals surface area contributed by atoms with Crippen LogP contribution in [0.25, 0.3) is 0 Å². The van der Waals surface area contributed by atoms with Gasteiger partial charge in [-0.25, -0.2) is 8.78 Å². The van der Waals surface area contributed by atoms with Crippen molar-refractivity contribution in [2.45, 2.75) is 83.7 Å². The van der Waals surface area contributed by atoms with E-state index >= 15 is 0 Å². The molecule has 36 heavy (non-hydrogen) atoms. The molecule has 0 amide bonds. The van der Waals surface area contributed by atoms with Crippen LogP contribution in [0.4, 0.5) is 17.6 Å². The molecule has 2 aromatic rings. The Morgan fingerprint density at radius 1 is 0.861 bits per heavy atom. The second-order valence-electron chi connectivity index (χ2n) is 10.7. The Morgan fingerprint density at radius 2 is 1.39 bits per heavy atom. The summed E-state index contributed by atoms with van der Waals surface area (Å²) in [5.74, 6) is 0.712. The zero-order chi connectivity index (χ0) is 25.7. The Balaban J connectivity index is 1.25. The monoisotopic (exact) mass is 501 g/mol. The molecule has 2 aliphatic rings. The van der Waals surface area contributed by atoms with Crippen LogP contribution in [0.2, 0.25) is 0 Å². The first-order valence-corrected chi connectivity index (χ1v) is 13.3. The van der Waals surface area contributed by atoms with Gasteiger partial charge in [-0.1, -0.05) is 51.2 Å². The van der Waals surface area contributed by atoms with Crippen molar-refractivity contribution < 1.29 is 22.3 Å². The summed E-state index contributed by atoms with van der Waals surface area (Å²) in [5.41, 5.74) is -0.817.